The zero-order valence-electron chi connectivity index (χ0n) is 13.7. The minimum absolute atomic E-state index is 0.269. The molecule has 0 amide bonds. The van der Waals surface area contributed by atoms with E-state index < -0.39 is 5.97 Å². The second-order valence-corrected chi connectivity index (χ2v) is 6.01. The molecule has 120 valence electrons. The summed E-state index contributed by atoms with van der Waals surface area (Å²) < 4.78 is 5.69. The van der Waals surface area contributed by atoms with Crippen LogP contribution in [-0.4, -0.2) is 17.7 Å². The lowest BCUT2D eigenvalue weighted by Crippen LogP contribution is -2.04. The highest BCUT2D eigenvalue weighted by Gasteiger charge is 2.10. The van der Waals surface area contributed by atoms with Gasteiger partial charge in [0.05, 0.1) is 12.2 Å². The van der Waals surface area contributed by atoms with Gasteiger partial charge in [0, 0.05) is 0 Å². The van der Waals surface area contributed by atoms with Gasteiger partial charge in [0.15, 0.2) is 0 Å². The summed E-state index contributed by atoms with van der Waals surface area (Å²) in [4.78, 5) is 11.6. The molecule has 0 aromatic heterocycles. The van der Waals surface area contributed by atoms with Crippen LogP contribution in [0.1, 0.15) is 30.5 Å². The first kappa shape index (κ1) is 16.8. The Balaban J connectivity index is 2.30. The van der Waals surface area contributed by atoms with Gasteiger partial charge in [0.1, 0.15) is 5.75 Å². The van der Waals surface area contributed by atoms with Gasteiger partial charge in [-0.05, 0) is 42.2 Å². The van der Waals surface area contributed by atoms with Crippen molar-refractivity contribution in [2.24, 2.45) is 5.92 Å². The van der Waals surface area contributed by atoms with E-state index in [9.17, 15) is 9.90 Å². The number of hydrogen-bond donors (Lipinski definition) is 1. The van der Waals surface area contributed by atoms with Crippen molar-refractivity contribution in [1.82, 2.24) is 0 Å². The minimum atomic E-state index is -0.942. The molecule has 0 aliphatic carbocycles. The zero-order valence-corrected chi connectivity index (χ0v) is 13.7. The molecule has 0 saturated carbocycles. The Morgan fingerprint density at radius 1 is 1.17 bits per heavy atom. The van der Waals surface area contributed by atoms with Gasteiger partial charge >= 0.3 is 5.97 Å². The van der Waals surface area contributed by atoms with Crippen molar-refractivity contribution < 1.29 is 14.6 Å². The molecule has 0 spiro atoms. The second kappa shape index (κ2) is 7.63. The van der Waals surface area contributed by atoms with Gasteiger partial charge in [-0.1, -0.05) is 55.8 Å². The Kier molecular flexibility index (Phi) is 5.58. The normalized spacial score (nSPS) is 11.6. The summed E-state index contributed by atoms with van der Waals surface area (Å²) in [6.07, 6.45) is 1.68. The lowest BCUT2D eigenvalue weighted by atomic mass is 10.0. The van der Waals surface area contributed by atoms with Crippen LogP contribution in [0.5, 0.6) is 5.75 Å². The summed E-state index contributed by atoms with van der Waals surface area (Å²) in [6, 6.07) is 15.0. The van der Waals surface area contributed by atoms with E-state index in [1.165, 1.54) is 0 Å². The number of benzene rings is 2. The van der Waals surface area contributed by atoms with E-state index in [1.54, 1.807) is 6.08 Å². The van der Waals surface area contributed by atoms with Crippen LogP contribution in [0.25, 0.3) is 11.6 Å². The SMILES string of the molecule is Cc1ccc(/C(=C/c2cccc(OCC(C)C)c2)C(=O)O)cc1. The number of carbonyl (C=O) groups is 1. The molecule has 0 heterocycles. The number of aryl methyl sites for hydroxylation is 1. The summed E-state index contributed by atoms with van der Waals surface area (Å²) in [6.45, 7) is 6.79. The van der Waals surface area contributed by atoms with Crippen LogP contribution in [0.4, 0.5) is 0 Å². The van der Waals surface area contributed by atoms with Crippen molar-refractivity contribution in [3.63, 3.8) is 0 Å². The molecule has 23 heavy (non-hydrogen) atoms. The lowest BCUT2D eigenvalue weighted by molar-refractivity contribution is -0.130. The van der Waals surface area contributed by atoms with Crippen LogP contribution in [0.2, 0.25) is 0 Å². The average molecular weight is 310 g/mol. The molecule has 2 aromatic carbocycles. The molecule has 0 radical (unpaired) electrons. The van der Waals surface area contributed by atoms with Crippen LogP contribution >= 0.6 is 0 Å². The van der Waals surface area contributed by atoms with Crippen molar-refractivity contribution >= 4 is 17.6 Å². The standard InChI is InChI=1S/C20H22O3/c1-14(2)13-23-18-6-4-5-16(11-18)12-19(20(21)22)17-9-7-15(3)8-10-17/h4-12,14H,13H2,1-3H3,(H,21,22)/b19-12-. The van der Waals surface area contributed by atoms with E-state index in [4.69, 9.17) is 4.74 Å². The zero-order chi connectivity index (χ0) is 16.8. The first-order chi connectivity index (χ1) is 11.0. The molecule has 2 aromatic rings. The first-order valence-corrected chi connectivity index (χ1v) is 7.70. The monoisotopic (exact) mass is 310 g/mol. The number of carboxylic acid groups (broad SMARTS) is 1. The number of rotatable bonds is 6. The second-order valence-electron chi connectivity index (χ2n) is 6.01. The van der Waals surface area contributed by atoms with Gasteiger partial charge in [0.25, 0.3) is 0 Å². The van der Waals surface area contributed by atoms with Crippen molar-refractivity contribution in [3.8, 4) is 5.75 Å². The van der Waals surface area contributed by atoms with Crippen LogP contribution < -0.4 is 4.74 Å². The van der Waals surface area contributed by atoms with E-state index in [0.717, 1.165) is 16.9 Å². The maximum atomic E-state index is 11.6. The molecule has 1 N–H and O–H groups in total. The summed E-state index contributed by atoms with van der Waals surface area (Å²) >= 11 is 0. The van der Waals surface area contributed by atoms with Crippen molar-refractivity contribution in [3.05, 3.63) is 65.2 Å². The van der Waals surface area contributed by atoms with Crippen LogP contribution in [0.3, 0.4) is 0 Å². The average Bonchev–Trinajstić information content (AvgIpc) is 2.52. The number of aliphatic carboxylic acids is 1. The molecule has 0 fully saturated rings. The van der Waals surface area contributed by atoms with Gasteiger partial charge in [0.2, 0.25) is 0 Å². The maximum absolute atomic E-state index is 11.6. The molecule has 0 aliphatic rings. The summed E-state index contributed by atoms with van der Waals surface area (Å²) in [5.74, 6) is 0.250. The van der Waals surface area contributed by atoms with Gasteiger partial charge < -0.3 is 9.84 Å². The molecule has 2 rings (SSSR count). The predicted octanol–water partition coefficient (Wildman–Crippen LogP) is 4.66. The molecule has 0 aliphatic heterocycles. The topological polar surface area (TPSA) is 46.5 Å². The summed E-state index contributed by atoms with van der Waals surface area (Å²) in [5.41, 5.74) is 2.87. The third-order valence-corrected chi connectivity index (χ3v) is 3.35. The molecule has 0 unspecified atom stereocenters. The largest absolute Gasteiger partial charge is 0.493 e. The molecule has 0 bridgehead atoms. The quantitative estimate of drug-likeness (QED) is 0.624. The highest BCUT2D eigenvalue weighted by Crippen LogP contribution is 2.22. The van der Waals surface area contributed by atoms with Crippen molar-refractivity contribution in [2.75, 3.05) is 6.61 Å². The molecule has 3 heteroatoms. The van der Waals surface area contributed by atoms with E-state index in [-0.39, 0.29) is 5.57 Å². The molecule has 3 nitrogen and oxygen atoms in total. The minimum Gasteiger partial charge on any atom is -0.493 e. The molecule has 0 saturated heterocycles. The fourth-order valence-corrected chi connectivity index (χ4v) is 2.13. The summed E-state index contributed by atoms with van der Waals surface area (Å²) in [5, 5.41) is 9.50. The Hall–Kier alpha value is -2.55. The Labute approximate surface area is 137 Å². The van der Waals surface area contributed by atoms with E-state index in [1.807, 2.05) is 55.5 Å². The van der Waals surface area contributed by atoms with E-state index >= 15 is 0 Å². The Bertz CT molecular complexity index is 697. The molecule has 0 atom stereocenters. The van der Waals surface area contributed by atoms with Crippen LogP contribution in [-0.2, 0) is 4.79 Å². The lowest BCUT2D eigenvalue weighted by Gasteiger charge is -2.09. The van der Waals surface area contributed by atoms with Crippen molar-refractivity contribution in [1.29, 1.82) is 0 Å². The number of carboxylic acids is 1. The fraction of sp³-hybridized carbons (Fsp3) is 0.250. The van der Waals surface area contributed by atoms with Crippen LogP contribution in [0, 0.1) is 12.8 Å². The van der Waals surface area contributed by atoms with Crippen LogP contribution in [0.15, 0.2) is 48.5 Å². The van der Waals surface area contributed by atoms with E-state index in [0.29, 0.717) is 18.1 Å². The maximum Gasteiger partial charge on any atom is 0.336 e. The highest BCUT2D eigenvalue weighted by atomic mass is 16.5. The Morgan fingerprint density at radius 2 is 1.87 bits per heavy atom. The predicted molar refractivity (Wildman–Crippen MR) is 93.5 cm³/mol. The molecular formula is C20H22O3. The highest BCUT2D eigenvalue weighted by molar-refractivity contribution is 6.20. The summed E-state index contributed by atoms with van der Waals surface area (Å²) in [7, 11) is 0. The Morgan fingerprint density at radius 3 is 2.48 bits per heavy atom. The van der Waals surface area contributed by atoms with Gasteiger partial charge in [-0.15, -0.1) is 0 Å². The number of ether oxygens (including phenoxy) is 1. The smallest absolute Gasteiger partial charge is 0.336 e. The van der Waals surface area contributed by atoms with Crippen molar-refractivity contribution in [2.45, 2.75) is 20.8 Å². The van der Waals surface area contributed by atoms with Gasteiger partial charge in [-0.2, -0.15) is 0 Å². The fourth-order valence-electron chi connectivity index (χ4n) is 2.13. The number of hydrogen-bond acceptors (Lipinski definition) is 2. The molecular weight excluding hydrogens is 288 g/mol. The van der Waals surface area contributed by atoms with E-state index in [2.05, 4.69) is 13.8 Å². The third-order valence-electron chi connectivity index (χ3n) is 3.35. The van der Waals surface area contributed by atoms with Gasteiger partial charge in [-0.25, -0.2) is 4.79 Å². The first-order valence-electron chi connectivity index (χ1n) is 7.70. The third kappa shape index (κ3) is 4.99. The van der Waals surface area contributed by atoms with Gasteiger partial charge in [-0.3, -0.25) is 0 Å².